The number of carbonyl (C=O) groups excluding carboxylic acids is 1. The van der Waals surface area contributed by atoms with Crippen molar-refractivity contribution < 1.29 is 4.79 Å². The number of halogens is 1. The zero-order valence-electron chi connectivity index (χ0n) is 11.2. The van der Waals surface area contributed by atoms with E-state index >= 15 is 0 Å². The Morgan fingerprint density at radius 2 is 2.00 bits per heavy atom. The summed E-state index contributed by atoms with van der Waals surface area (Å²) in [6, 6.07) is 9.61. The van der Waals surface area contributed by atoms with Crippen molar-refractivity contribution in [2.24, 2.45) is 0 Å². The molecule has 1 amide bonds. The highest BCUT2D eigenvalue weighted by Gasteiger charge is 2.04. The minimum Gasteiger partial charge on any atom is -0.325 e. The summed E-state index contributed by atoms with van der Waals surface area (Å²) in [6.07, 6.45) is 3.48. The summed E-state index contributed by atoms with van der Waals surface area (Å²) in [5, 5.41) is 5.99. The Labute approximate surface area is 126 Å². The van der Waals surface area contributed by atoms with E-state index in [-0.39, 0.29) is 12.5 Å². The van der Waals surface area contributed by atoms with Crippen LogP contribution >= 0.6 is 15.9 Å². The maximum Gasteiger partial charge on any atom is 0.238 e. The van der Waals surface area contributed by atoms with Gasteiger partial charge in [0.2, 0.25) is 5.91 Å². The van der Waals surface area contributed by atoms with Gasteiger partial charge in [0.25, 0.3) is 0 Å². The summed E-state index contributed by atoms with van der Waals surface area (Å²) in [6.45, 7) is 2.89. The number of benzene rings is 1. The lowest BCUT2D eigenvalue weighted by atomic mass is 10.2. The first-order chi connectivity index (χ1) is 9.65. The average molecular weight is 334 g/mol. The molecule has 104 valence electrons. The van der Waals surface area contributed by atoms with Gasteiger partial charge in [0.1, 0.15) is 0 Å². The Balaban J connectivity index is 1.81. The van der Waals surface area contributed by atoms with Crippen LogP contribution in [0.2, 0.25) is 0 Å². The van der Waals surface area contributed by atoms with E-state index in [0.717, 1.165) is 21.3 Å². The maximum atomic E-state index is 11.8. The Kier molecular flexibility index (Phi) is 5.26. The Morgan fingerprint density at radius 1 is 1.25 bits per heavy atom. The summed E-state index contributed by atoms with van der Waals surface area (Å²) >= 11 is 3.40. The molecule has 0 unspecified atom stereocenters. The van der Waals surface area contributed by atoms with Crippen molar-refractivity contribution in [3.8, 4) is 0 Å². The molecular formula is C15H16BrN3O. The van der Waals surface area contributed by atoms with Gasteiger partial charge in [0, 0.05) is 29.1 Å². The second-order valence-corrected chi connectivity index (χ2v) is 5.38. The molecule has 20 heavy (non-hydrogen) atoms. The molecule has 0 bridgehead atoms. The number of hydrogen-bond acceptors (Lipinski definition) is 3. The number of aryl methyl sites for hydroxylation is 1. The van der Waals surface area contributed by atoms with Crippen molar-refractivity contribution in [1.29, 1.82) is 0 Å². The summed E-state index contributed by atoms with van der Waals surface area (Å²) < 4.78 is 1.00. The van der Waals surface area contributed by atoms with Crippen LogP contribution in [0, 0.1) is 6.92 Å². The molecule has 2 rings (SSSR count). The highest BCUT2D eigenvalue weighted by molar-refractivity contribution is 9.10. The number of nitrogens with zero attached hydrogens (tertiary/aromatic N) is 1. The van der Waals surface area contributed by atoms with Crippen LogP contribution in [-0.2, 0) is 11.3 Å². The normalized spacial score (nSPS) is 10.3. The smallest absolute Gasteiger partial charge is 0.238 e. The van der Waals surface area contributed by atoms with E-state index in [9.17, 15) is 4.79 Å². The molecule has 0 aliphatic heterocycles. The Morgan fingerprint density at radius 3 is 2.70 bits per heavy atom. The third-order valence-electron chi connectivity index (χ3n) is 2.83. The molecule has 4 nitrogen and oxygen atoms in total. The van der Waals surface area contributed by atoms with Crippen LogP contribution in [0.4, 0.5) is 5.69 Å². The molecule has 2 aromatic rings. The van der Waals surface area contributed by atoms with Gasteiger partial charge in [-0.1, -0.05) is 15.9 Å². The number of carbonyl (C=O) groups is 1. The van der Waals surface area contributed by atoms with E-state index < -0.39 is 0 Å². The van der Waals surface area contributed by atoms with Crippen molar-refractivity contribution in [2.45, 2.75) is 13.5 Å². The summed E-state index contributed by atoms with van der Waals surface area (Å²) in [7, 11) is 0. The minimum atomic E-state index is -0.0514. The zero-order chi connectivity index (χ0) is 14.4. The van der Waals surface area contributed by atoms with Gasteiger partial charge in [0.15, 0.2) is 0 Å². The highest BCUT2D eigenvalue weighted by Crippen LogP contribution is 2.19. The molecule has 0 fully saturated rings. The van der Waals surface area contributed by atoms with Crippen molar-refractivity contribution in [3.63, 3.8) is 0 Å². The van der Waals surface area contributed by atoms with Crippen LogP contribution in [-0.4, -0.2) is 17.4 Å². The predicted octanol–water partition coefficient (Wildman–Crippen LogP) is 2.88. The Hall–Kier alpha value is -1.72. The molecule has 1 aromatic carbocycles. The minimum absolute atomic E-state index is 0.0514. The first kappa shape index (κ1) is 14.7. The summed E-state index contributed by atoms with van der Waals surface area (Å²) in [5.41, 5.74) is 2.97. The van der Waals surface area contributed by atoms with Gasteiger partial charge in [-0.25, -0.2) is 0 Å². The summed E-state index contributed by atoms with van der Waals surface area (Å²) in [4.78, 5) is 15.8. The van der Waals surface area contributed by atoms with E-state index in [0.29, 0.717) is 6.54 Å². The van der Waals surface area contributed by atoms with E-state index in [4.69, 9.17) is 0 Å². The fourth-order valence-electron chi connectivity index (χ4n) is 1.78. The number of rotatable bonds is 5. The molecule has 0 saturated carbocycles. The van der Waals surface area contributed by atoms with Crippen LogP contribution in [0.3, 0.4) is 0 Å². The molecule has 0 spiro atoms. The van der Waals surface area contributed by atoms with Gasteiger partial charge in [-0.15, -0.1) is 0 Å². The van der Waals surface area contributed by atoms with Gasteiger partial charge in [0.05, 0.1) is 6.54 Å². The van der Waals surface area contributed by atoms with E-state index in [2.05, 4.69) is 31.5 Å². The second-order valence-electron chi connectivity index (χ2n) is 4.47. The second kappa shape index (κ2) is 7.17. The zero-order valence-corrected chi connectivity index (χ0v) is 12.8. The molecule has 0 aliphatic carbocycles. The number of anilines is 1. The molecule has 0 saturated heterocycles. The highest BCUT2D eigenvalue weighted by atomic mass is 79.9. The lowest BCUT2D eigenvalue weighted by molar-refractivity contribution is -0.115. The van der Waals surface area contributed by atoms with Crippen LogP contribution < -0.4 is 10.6 Å². The first-order valence-electron chi connectivity index (χ1n) is 6.31. The molecule has 0 aliphatic rings. The molecule has 2 N–H and O–H groups in total. The third-order valence-corrected chi connectivity index (χ3v) is 3.32. The van der Waals surface area contributed by atoms with Crippen molar-refractivity contribution in [3.05, 3.63) is 58.3 Å². The summed E-state index contributed by atoms with van der Waals surface area (Å²) in [5.74, 6) is -0.0514. The Bertz CT molecular complexity index is 587. The van der Waals surface area contributed by atoms with Crippen LogP contribution in [0.25, 0.3) is 0 Å². The molecule has 1 aromatic heterocycles. The molecule has 0 atom stereocenters. The van der Waals surface area contributed by atoms with Gasteiger partial charge < -0.3 is 10.6 Å². The van der Waals surface area contributed by atoms with Gasteiger partial charge in [-0.2, -0.15) is 0 Å². The largest absolute Gasteiger partial charge is 0.325 e. The molecule has 1 heterocycles. The monoisotopic (exact) mass is 333 g/mol. The number of aromatic nitrogens is 1. The number of pyridine rings is 1. The maximum absolute atomic E-state index is 11.8. The standard InChI is InChI=1S/C15H16BrN3O/c1-11-8-13(16)2-3-14(11)19-15(20)10-18-9-12-4-6-17-7-5-12/h2-8,18H,9-10H2,1H3,(H,19,20). The lowest BCUT2D eigenvalue weighted by Crippen LogP contribution is -2.27. The third kappa shape index (κ3) is 4.43. The molecular weight excluding hydrogens is 318 g/mol. The van der Waals surface area contributed by atoms with Gasteiger partial charge in [-0.05, 0) is 48.4 Å². The van der Waals surface area contributed by atoms with E-state index in [1.165, 1.54) is 0 Å². The average Bonchev–Trinajstić information content (AvgIpc) is 2.43. The topological polar surface area (TPSA) is 54.0 Å². The lowest BCUT2D eigenvalue weighted by Gasteiger charge is -2.09. The van der Waals surface area contributed by atoms with Gasteiger partial charge >= 0.3 is 0 Å². The van der Waals surface area contributed by atoms with Crippen LogP contribution in [0.1, 0.15) is 11.1 Å². The van der Waals surface area contributed by atoms with Crippen molar-refractivity contribution in [1.82, 2.24) is 10.3 Å². The fourth-order valence-corrected chi connectivity index (χ4v) is 2.26. The molecule has 0 radical (unpaired) electrons. The number of amides is 1. The van der Waals surface area contributed by atoms with E-state index in [1.807, 2.05) is 37.3 Å². The number of nitrogens with one attached hydrogen (secondary N) is 2. The van der Waals surface area contributed by atoms with Crippen molar-refractivity contribution >= 4 is 27.5 Å². The van der Waals surface area contributed by atoms with Gasteiger partial charge in [-0.3, -0.25) is 9.78 Å². The van der Waals surface area contributed by atoms with Crippen LogP contribution in [0.5, 0.6) is 0 Å². The SMILES string of the molecule is Cc1cc(Br)ccc1NC(=O)CNCc1ccncc1. The molecule has 5 heteroatoms. The van der Waals surface area contributed by atoms with E-state index in [1.54, 1.807) is 12.4 Å². The van der Waals surface area contributed by atoms with Crippen molar-refractivity contribution in [2.75, 3.05) is 11.9 Å². The number of hydrogen-bond donors (Lipinski definition) is 2. The van der Waals surface area contributed by atoms with Crippen LogP contribution in [0.15, 0.2) is 47.2 Å². The quantitative estimate of drug-likeness (QED) is 0.884. The fraction of sp³-hybridized carbons (Fsp3) is 0.200. The first-order valence-corrected chi connectivity index (χ1v) is 7.10. The predicted molar refractivity (Wildman–Crippen MR) is 83.5 cm³/mol.